The monoisotopic (exact) mass is 442 g/mol. The molecule has 1 aliphatic rings. The molecule has 0 unspecified atom stereocenters. The van der Waals surface area contributed by atoms with Gasteiger partial charge in [-0.1, -0.05) is 23.4 Å². The summed E-state index contributed by atoms with van der Waals surface area (Å²) in [5, 5.41) is 13.2. The molecule has 4 aromatic rings. The predicted octanol–water partition coefficient (Wildman–Crippen LogP) is 5.28. The van der Waals surface area contributed by atoms with E-state index >= 15 is 0 Å². The summed E-state index contributed by atoms with van der Waals surface area (Å²) in [4.78, 5) is 4.75. The Morgan fingerprint density at radius 3 is 2.72 bits per heavy atom. The fourth-order valence-electron chi connectivity index (χ4n) is 2.96. The molecule has 0 N–H and O–H groups in total. The molecule has 9 heteroatoms. The van der Waals surface area contributed by atoms with Crippen LogP contribution in [0, 0.1) is 0 Å². The van der Waals surface area contributed by atoms with Crippen molar-refractivity contribution in [2.75, 3.05) is 6.79 Å². The lowest BCUT2D eigenvalue weighted by Gasteiger charge is -2.03. The lowest BCUT2D eigenvalue weighted by Crippen LogP contribution is -1.95. The number of thiazole rings is 1. The summed E-state index contributed by atoms with van der Waals surface area (Å²) in [6.07, 6.45) is 0. The third-order valence-corrected chi connectivity index (χ3v) is 6.70. The third-order valence-electron chi connectivity index (χ3n) is 4.46. The molecule has 2 aromatic heterocycles. The van der Waals surface area contributed by atoms with Crippen LogP contribution >= 0.6 is 34.7 Å². The van der Waals surface area contributed by atoms with Crippen molar-refractivity contribution in [1.29, 1.82) is 0 Å². The molecule has 0 radical (unpaired) electrons. The van der Waals surface area contributed by atoms with Crippen LogP contribution in [-0.2, 0) is 12.8 Å². The number of rotatable bonds is 5. The van der Waals surface area contributed by atoms with Gasteiger partial charge in [0, 0.05) is 34.3 Å². The lowest BCUT2D eigenvalue weighted by molar-refractivity contribution is 0.174. The molecule has 0 saturated heterocycles. The Balaban J connectivity index is 1.30. The maximum atomic E-state index is 5.97. The van der Waals surface area contributed by atoms with E-state index in [2.05, 4.69) is 15.6 Å². The molecule has 1 aliphatic heterocycles. The molecule has 0 saturated carbocycles. The Labute approximate surface area is 180 Å². The van der Waals surface area contributed by atoms with Crippen molar-refractivity contribution in [1.82, 2.24) is 19.7 Å². The first kappa shape index (κ1) is 18.5. The number of hydrogen-bond donors (Lipinski definition) is 0. The van der Waals surface area contributed by atoms with Crippen molar-refractivity contribution in [3.63, 3.8) is 0 Å². The van der Waals surface area contributed by atoms with Crippen LogP contribution < -0.4 is 9.47 Å². The topological polar surface area (TPSA) is 62.1 Å². The molecule has 0 fully saturated rings. The van der Waals surface area contributed by atoms with Gasteiger partial charge in [0.25, 0.3) is 0 Å². The van der Waals surface area contributed by atoms with Crippen LogP contribution in [-0.4, -0.2) is 26.5 Å². The van der Waals surface area contributed by atoms with Crippen molar-refractivity contribution in [2.24, 2.45) is 7.05 Å². The smallest absolute Gasteiger partial charge is 0.231 e. The Hall–Kier alpha value is -2.55. The van der Waals surface area contributed by atoms with Crippen LogP contribution in [0.5, 0.6) is 11.5 Å². The Morgan fingerprint density at radius 1 is 1.07 bits per heavy atom. The van der Waals surface area contributed by atoms with Gasteiger partial charge in [-0.2, -0.15) is 0 Å². The highest BCUT2D eigenvalue weighted by Gasteiger charge is 2.16. The summed E-state index contributed by atoms with van der Waals surface area (Å²) >= 11 is 9.19. The predicted molar refractivity (Wildman–Crippen MR) is 115 cm³/mol. The second-order valence-electron chi connectivity index (χ2n) is 6.37. The van der Waals surface area contributed by atoms with Crippen molar-refractivity contribution < 1.29 is 9.47 Å². The number of ether oxygens (including phenoxy) is 2. The fraction of sp³-hybridized carbons (Fsp3) is 0.150. The number of benzene rings is 2. The molecular weight excluding hydrogens is 428 g/mol. The fourth-order valence-corrected chi connectivity index (χ4v) is 4.82. The van der Waals surface area contributed by atoms with E-state index in [0.29, 0.717) is 10.8 Å². The Kier molecular flexibility index (Phi) is 4.91. The van der Waals surface area contributed by atoms with Crippen LogP contribution in [0.1, 0.15) is 5.69 Å². The minimum Gasteiger partial charge on any atom is -0.454 e. The molecular formula is C20H15ClN4O2S2. The van der Waals surface area contributed by atoms with E-state index in [0.717, 1.165) is 44.3 Å². The second kappa shape index (κ2) is 7.70. The van der Waals surface area contributed by atoms with Gasteiger partial charge < -0.3 is 14.0 Å². The molecule has 5 rings (SSSR count). The summed E-state index contributed by atoms with van der Waals surface area (Å²) in [5.74, 6) is 3.07. The number of aromatic nitrogens is 4. The summed E-state index contributed by atoms with van der Waals surface area (Å²) in [5.41, 5.74) is 3.01. The van der Waals surface area contributed by atoms with Crippen LogP contribution in [0.3, 0.4) is 0 Å². The molecule has 0 spiro atoms. The standard InChI is InChI=1S/C20H15ClN4O2S2/c1-25-18(12-2-5-14(21)6-3-12)23-24-20(25)29-10-15-9-28-19(22-15)13-4-7-16-17(8-13)27-11-26-16/h2-9H,10-11H2,1H3. The highest BCUT2D eigenvalue weighted by atomic mass is 35.5. The number of hydrogen-bond acceptors (Lipinski definition) is 7. The van der Waals surface area contributed by atoms with Crippen molar-refractivity contribution in [2.45, 2.75) is 10.9 Å². The first-order valence-electron chi connectivity index (χ1n) is 8.80. The minimum absolute atomic E-state index is 0.272. The van der Waals surface area contributed by atoms with E-state index in [9.17, 15) is 0 Å². The highest BCUT2D eigenvalue weighted by molar-refractivity contribution is 7.98. The Bertz CT molecular complexity index is 1170. The van der Waals surface area contributed by atoms with Gasteiger partial charge in [0.2, 0.25) is 6.79 Å². The quantitative estimate of drug-likeness (QED) is 0.392. The van der Waals surface area contributed by atoms with Crippen molar-refractivity contribution in [3.05, 3.63) is 58.6 Å². The van der Waals surface area contributed by atoms with Crippen molar-refractivity contribution >= 4 is 34.7 Å². The summed E-state index contributed by atoms with van der Waals surface area (Å²) in [6.45, 7) is 0.272. The summed E-state index contributed by atoms with van der Waals surface area (Å²) in [6, 6.07) is 13.5. The van der Waals surface area contributed by atoms with Gasteiger partial charge in [-0.25, -0.2) is 4.98 Å². The molecule has 146 valence electrons. The van der Waals surface area contributed by atoms with Gasteiger partial charge >= 0.3 is 0 Å². The SMILES string of the molecule is Cn1c(SCc2csc(-c3ccc4c(c3)OCO4)n2)nnc1-c1ccc(Cl)cc1. The van der Waals surface area contributed by atoms with Crippen LogP contribution in [0.4, 0.5) is 0 Å². The maximum absolute atomic E-state index is 5.97. The third kappa shape index (κ3) is 3.71. The maximum Gasteiger partial charge on any atom is 0.231 e. The molecule has 0 aliphatic carbocycles. The average Bonchev–Trinajstić information content (AvgIpc) is 3.46. The van der Waals surface area contributed by atoms with Crippen LogP contribution in [0.15, 0.2) is 53.0 Å². The zero-order valence-corrected chi connectivity index (χ0v) is 17.7. The lowest BCUT2D eigenvalue weighted by atomic mass is 10.2. The van der Waals surface area contributed by atoms with Gasteiger partial charge in [-0.05, 0) is 42.5 Å². The van der Waals surface area contributed by atoms with E-state index < -0.39 is 0 Å². The van der Waals surface area contributed by atoms with E-state index in [1.165, 1.54) is 0 Å². The van der Waals surface area contributed by atoms with Crippen LogP contribution in [0.2, 0.25) is 5.02 Å². The first-order chi connectivity index (χ1) is 14.2. The normalized spacial score (nSPS) is 12.5. The van der Waals surface area contributed by atoms with Gasteiger partial charge in [0.05, 0.1) is 5.69 Å². The number of thioether (sulfide) groups is 1. The highest BCUT2D eigenvalue weighted by Crippen LogP contribution is 2.37. The van der Waals surface area contributed by atoms with E-state index in [4.69, 9.17) is 26.1 Å². The number of nitrogens with zero attached hydrogens (tertiary/aromatic N) is 4. The van der Waals surface area contributed by atoms with Crippen molar-refractivity contribution in [3.8, 4) is 33.5 Å². The molecule has 6 nitrogen and oxygen atoms in total. The van der Waals surface area contributed by atoms with Gasteiger partial charge in [-0.15, -0.1) is 21.5 Å². The average molecular weight is 443 g/mol. The zero-order chi connectivity index (χ0) is 19.8. The zero-order valence-electron chi connectivity index (χ0n) is 15.3. The molecule has 0 atom stereocenters. The van der Waals surface area contributed by atoms with Crippen LogP contribution in [0.25, 0.3) is 22.0 Å². The Morgan fingerprint density at radius 2 is 1.86 bits per heavy atom. The summed E-state index contributed by atoms with van der Waals surface area (Å²) < 4.78 is 12.8. The first-order valence-corrected chi connectivity index (χ1v) is 11.0. The van der Waals surface area contributed by atoms with Gasteiger partial charge in [0.15, 0.2) is 22.5 Å². The minimum atomic E-state index is 0.272. The number of halogens is 1. The van der Waals surface area contributed by atoms with Gasteiger partial charge in [-0.3, -0.25) is 0 Å². The molecule has 29 heavy (non-hydrogen) atoms. The van der Waals surface area contributed by atoms with Gasteiger partial charge in [0.1, 0.15) is 5.01 Å². The molecule has 0 bridgehead atoms. The second-order valence-corrected chi connectivity index (χ2v) is 8.61. The van der Waals surface area contributed by atoms with E-state index in [-0.39, 0.29) is 6.79 Å². The summed E-state index contributed by atoms with van der Waals surface area (Å²) in [7, 11) is 1.96. The van der Waals surface area contributed by atoms with E-state index in [1.807, 2.05) is 54.1 Å². The molecule has 0 amide bonds. The number of fused-ring (bicyclic) bond motifs is 1. The largest absolute Gasteiger partial charge is 0.454 e. The van der Waals surface area contributed by atoms with E-state index in [1.54, 1.807) is 23.1 Å². The molecule has 3 heterocycles. The molecule has 2 aromatic carbocycles.